The van der Waals surface area contributed by atoms with Crippen molar-refractivity contribution in [3.63, 3.8) is 0 Å². The molecule has 1 saturated heterocycles. The minimum atomic E-state index is -1.10. The Morgan fingerprint density at radius 3 is 2.87 bits per heavy atom. The van der Waals surface area contributed by atoms with E-state index >= 15 is 0 Å². The molecule has 0 aromatic carbocycles. The van der Waals surface area contributed by atoms with E-state index in [0.717, 1.165) is 12.0 Å². The van der Waals surface area contributed by atoms with E-state index in [4.69, 9.17) is 4.74 Å². The second-order valence-electron chi connectivity index (χ2n) is 7.73. The lowest BCUT2D eigenvalue weighted by Crippen LogP contribution is -2.41. The number of likely N-dealkylation sites (tertiary alicyclic amines) is 1. The first-order chi connectivity index (χ1) is 11.0. The molecule has 0 unspecified atom stereocenters. The van der Waals surface area contributed by atoms with Gasteiger partial charge in [0.25, 0.3) is 0 Å². The van der Waals surface area contributed by atoms with Crippen LogP contribution in [0.5, 0.6) is 5.88 Å². The van der Waals surface area contributed by atoms with Crippen LogP contribution < -0.4 is 4.74 Å². The van der Waals surface area contributed by atoms with Gasteiger partial charge in [0.1, 0.15) is 17.6 Å². The Labute approximate surface area is 134 Å². The highest BCUT2D eigenvalue weighted by Crippen LogP contribution is 2.60. The summed E-state index contributed by atoms with van der Waals surface area (Å²) in [5.41, 5.74) is -0.673. The first-order valence-corrected chi connectivity index (χ1v) is 8.48. The van der Waals surface area contributed by atoms with E-state index in [2.05, 4.69) is 9.97 Å². The normalized spacial score (nSPS) is 40.2. The largest absolute Gasteiger partial charge is 0.472 e. The first kappa shape index (κ1) is 13.7. The molecule has 1 aromatic heterocycles. The number of hydrogen-bond acceptors (Lipinski definition) is 4. The molecule has 1 amide bonds. The molecule has 1 aromatic rings. The fourth-order valence-electron chi connectivity index (χ4n) is 5.07. The lowest BCUT2D eigenvalue weighted by molar-refractivity contribution is -0.142. The van der Waals surface area contributed by atoms with Crippen molar-refractivity contribution in [2.24, 2.45) is 5.41 Å². The Hall–Kier alpha value is -1.72. The molecule has 2 atom stereocenters. The maximum atomic E-state index is 14.5. The number of ether oxygens (including phenoxy) is 1. The van der Waals surface area contributed by atoms with E-state index in [1.54, 1.807) is 6.20 Å². The average Bonchev–Trinajstić information content (AvgIpc) is 3.16. The Morgan fingerprint density at radius 2 is 2.17 bits per heavy atom. The summed E-state index contributed by atoms with van der Waals surface area (Å²) in [7, 11) is 0. The zero-order chi connectivity index (χ0) is 15.8. The molecule has 0 radical (unpaired) electrons. The van der Waals surface area contributed by atoms with E-state index in [1.165, 1.54) is 0 Å². The van der Waals surface area contributed by atoms with Gasteiger partial charge in [-0.15, -0.1) is 0 Å². The lowest BCUT2D eigenvalue weighted by atomic mass is 9.82. The Bertz CT molecular complexity index is 699. The molecule has 4 bridgehead atoms. The number of alkyl halides is 1. The Morgan fingerprint density at radius 1 is 1.39 bits per heavy atom. The molecule has 5 nitrogen and oxygen atoms in total. The summed E-state index contributed by atoms with van der Waals surface area (Å²) < 4.78 is 20.4. The Kier molecular flexibility index (Phi) is 2.51. The highest BCUT2D eigenvalue weighted by molar-refractivity contribution is 5.85. The van der Waals surface area contributed by atoms with Gasteiger partial charge in [0, 0.05) is 12.6 Å². The van der Waals surface area contributed by atoms with E-state index in [0.29, 0.717) is 50.4 Å². The smallest absolute Gasteiger partial charge is 0.229 e. The summed E-state index contributed by atoms with van der Waals surface area (Å²) >= 11 is 0. The average molecular weight is 317 g/mol. The summed E-state index contributed by atoms with van der Waals surface area (Å²) in [4.78, 5) is 23.8. The number of aromatic nitrogens is 2. The monoisotopic (exact) mass is 317 g/mol. The number of amides is 1. The van der Waals surface area contributed by atoms with Gasteiger partial charge >= 0.3 is 0 Å². The van der Waals surface area contributed by atoms with E-state index in [1.807, 2.05) is 11.8 Å². The molecule has 0 spiro atoms. The van der Waals surface area contributed by atoms with Gasteiger partial charge in [-0.3, -0.25) is 4.79 Å². The molecule has 2 saturated carbocycles. The van der Waals surface area contributed by atoms with Crippen LogP contribution in [-0.2, 0) is 4.79 Å². The van der Waals surface area contributed by atoms with E-state index in [-0.39, 0.29) is 18.1 Å². The van der Waals surface area contributed by atoms with Gasteiger partial charge in [-0.25, -0.2) is 9.37 Å². The van der Waals surface area contributed by atoms with Crippen molar-refractivity contribution in [2.75, 3.05) is 6.54 Å². The maximum absolute atomic E-state index is 14.5. The van der Waals surface area contributed by atoms with Gasteiger partial charge in [0.15, 0.2) is 0 Å². The number of aryl methyl sites for hydroxylation is 1. The van der Waals surface area contributed by atoms with Crippen LogP contribution >= 0.6 is 0 Å². The highest BCUT2D eigenvalue weighted by Gasteiger charge is 2.61. The molecule has 2 aliphatic carbocycles. The second-order valence-corrected chi connectivity index (χ2v) is 7.73. The standard InChI is InChI=1S/C17H20FN3O2/c1-10-19-7-12-13-6-11(23-14(12)20-10)8-21(13)15(22)16-2-4-17(18,9-16)5-3-16/h7,11,13H,2-6,8-9H2,1H3/t11-,13-,16?,17?/m0/s1. The van der Waals surface area contributed by atoms with Crippen LogP contribution in [0.15, 0.2) is 6.20 Å². The number of hydrogen-bond donors (Lipinski definition) is 0. The number of nitrogens with zero attached hydrogens (tertiary/aromatic N) is 3. The topological polar surface area (TPSA) is 55.3 Å². The van der Waals surface area contributed by atoms with Crippen molar-refractivity contribution in [3.8, 4) is 5.88 Å². The predicted molar refractivity (Wildman–Crippen MR) is 79.6 cm³/mol. The lowest BCUT2D eigenvalue weighted by Gasteiger charge is -2.33. The SMILES string of the molecule is Cc1ncc2c(n1)O[C@H]1C[C@@H]2N(C(=O)C23CCC(F)(CC2)C3)C1. The van der Waals surface area contributed by atoms with Crippen LogP contribution in [0.4, 0.5) is 4.39 Å². The zero-order valence-corrected chi connectivity index (χ0v) is 13.2. The first-order valence-electron chi connectivity index (χ1n) is 8.48. The molecule has 122 valence electrons. The summed E-state index contributed by atoms with van der Waals surface area (Å²) in [5.74, 6) is 1.42. The summed E-state index contributed by atoms with van der Waals surface area (Å²) in [6, 6.07) is -0.0126. The molecule has 2 aliphatic heterocycles. The van der Waals surface area contributed by atoms with Crippen LogP contribution in [0.1, 0.15) is 56.0 Å². The van der Waals surface area contributed by atoms with Gasteiger partial charge in [-0.05, 0) is 39.0 Å². The molecule has 23 heavy (non-hydrogen) atoms. The van der Waals surface area contributed by atoms with Gasteiger partial charge < -0.3 is 9.64 Å². The molecule has 0 N–H and O–H groups in total. The number of carbonyl (C=O) groups is 1. The zero-order valence-electron chi connectivity index (χ0n) is 13.2. The Balaban J connectivity index is 1.49. The maximum Gasteiger partial charge on any atom is 0.229 e. The van der Waals surface area contributed by atoms with Crippen molar-refractivity contribution < 1.29 is 13.9 Å². The van der Waals surface area contributed by atoms with Gasteiger partial charge in [-0.1, -0.05) is 0 Å². The summed E-state index contributed by atoms with van der Waals surface area (Å²) in [6.07, 6.45) is 5.44. The third-order valence-corrected chi connectivity index (χ3v) is 6.27. The molecular formula is C17H20FN3O2. The molecule has 3 heterocycles. The van der Waals surface area contributed by atoms with Crippen molar-refractivity contribution in [1.82, 2.24) is 14.9 Å². The third kappa shape index (κ3) is 1.80. The van der Waals surface area contributed by atoms with Crippen LogP contribution in [0.25, 0.3) is 0 Å². The van der Waals surface area contributed by atoms with Crippen LogP contribution in [-0.4, -0.2) is 39.1 Å². The minimum Gasteiger partial charge on any atom is -0.472 e. The van der Waals surface area contributed by atoms with Crippen molar-refractivity contribution >= 4 is 5.91 Å². The predicted octanol–water partition coefficient (Wildman–Crippen LogP) is 2.49. The third-order valence-electron chi connectivity index (χ3n) is 6.27. The molecule has 5 rings (SSSR count). The number of rotatable bonds is 1. The fraction of sp³-hybridized carbons (Fsp3) is 0.706. The molecular weight excluding hydrogens is 297 g/mol. The highest BCUT2D eigenvalue weighted by atomic mass is 19.1. The van der Waals surface area contributed by atoms with E-state index < -0.39 is 11.1 Å². The second kappa shape index (κ2) is 4.22. The van der Waals surface area contributed by atoms with Crippen molar-refractivity contribution in [1.29, 1.82) is 0 Å². The number of carbonyl (C=O) groups excluding carboxylic acids is 1. The number of halogens is 1. The van der Waals surface area contributed by atoms with Crippen molar-refractivity contribution in [2.45, 2.75) is 63.3 Å². The van der Waals surface area contributed by atoms with Gasteiger partial charge in [-0.2, -0.15) is 4.98 Å². The van der Waals surface area contributed by atoms with Crippen molar-refractivity contribution in [3.05, 3.63) is 17.6 Å². The fourth-order valence-corrected chi connectivity index (χ4v) is 5.07. The van der Waals surface area contributed by atoms with Crippen LogP contribution in [0.3, 0.4) is 0 Å². The quantitative estimate of drug-likeness (QED) is 0.798. The molecule has 3 fully saturated rings. The van der Waals surface area contributed by atoms with Gasteiger partial charge in [0.2, 0.25) is 11.8 Å². The van der Waals surface area contributed by atoms with Crippen LogP contribution in [0, 0.1) is 12.3 Å². The van der Waals surface area contributed by atoms with Gasteiger partial charge in [0.05, 0.1) is 23.6 Å². The van der Waals surface area contributed by atoms with Crippen LogP contribution in [0.2, 0.25) is 0 Å². The molecule has 6 heteroatoms. The van der Waals surface area contributed by atoms with E-state index in [9.17, 15) is 9.18 Å². The summed E-state index contributed by atoms with van der Waals surface area (Å²) in [5, 5.41) is 0. The number of fused-ring (bicyclic) bond motifs is 6. The minimum absolute atomic E-state index is 0.0000831. The molecule has 4 aliphatic rings. The summed E-state index contributed by atoms with van der Waals surface area (Å²) in [6.45, 7) is 2.42.